The second kappa shape index (κ2) is 7.57. The van der Waals surface area contributed by atoms with Crippen LogP contribution in [0.15, 0.2) is 36.4 Å². The third-order valence-corrected chi connectivity index (χ3v) is 4.13. The molecule has 2 unspecified atom stereocenters. The molecule has 0 aliphatic carbocycles. The molecule has 2 atom stereocenters. The Kier molecular flexibility index (Phi) is 4.84. The van der Waals surface area contributed by atoms with E-state index in [2.05, 4.69) is 0 Å². The minimum absolute atomic E-state index is 0.00352. The van der Waals surface area contributed by atoms with Crippen molar-refractivity contribution in [2.75, 3.05) is 13.7 Å². The molecule has 3 rings (SSSR count). The number of ether oxygens (including phenoxy) is 3. The highest BCUT2D eigenvalue weighted by molar-refractivity contribution is 6.03. The topological polar surface area (TPSA) is 65.0 Å². The Morgan fingerprint density at radius 1 is 1.32 bits per heavy atom. The van der Waals surface area contributed by atoms with Crippen LogP contribution in [0.1, 0.15) is 36.2 Å². The number of ketones is 1. The monoisotopic (exact) mass is 343 g/mol. The lowest BCUT2D eigenvalue weighted by atomic mass is 9.95. The first-order valence-corrected chi connectivity index (χ1v) is 8.20. The number of hydrogen-bond donors (Lipinski definition) is 1. The summed E-state index contributed by atoms with van der Waals surface area (Å²) < 4.78 is 24.8. The van der Waals surface area contributed by atoms with E-state index >= 15 is 0 Å². The van der Waals surface area contributed by atoms with Crippen LogP contribution in [0.2, 0.25) is 0 Å². The lowest BCUT2D eigenvalue weighted by Gasteiger charge is -2.27. The highest BCUT2D eigenvalue weighted by atomic mass is 16.5. The molecule has 1 heterocycles. The molecule has 0 saturated heterocycles. The van der Waals surface area contributed by atoms with E-state index in [9.17, 15) is 9.90 Å². The fraction of sp³-hybridized carbons (Fsp3) is 0.350. The third kappa shape index (κ3) is 3.61. The first-order chi connectivity index (χ1) is 12.5. The van der Waals surface area contributed by atoms with Gasteiger partial charge in [-0.1, -0.05) is 30.3 Å². The van der Waals surface area contributed by atoms with Crippen LogP contribution in [0.5, 0.6) is 17.2 Å². The van der Waals surface area contributed by atoms with E-state index in [1.54, 1.807) is 6.07 Å². The molecule has 5 nitrogen and oxygen atoms in total. The molecular weight excluding hydrogens is 320 g/mol. The van der Waals surface area contributed by atoms with Crippen molar-refractivity contribution in [3.8, 4) is 17.2 Å². The van der Waals surface area contributed by atoms with Crippen LogP contribution in [0.4, 0.5) is 0 Å². The molecule has 0 radical (unpaired) electrons. The van der Waals surface area contributed by atoms with Gasteiger partial charge in [0, 0.05) is 31.1 Å². The van der Waals surface area contributed by atoms with Crippen LogP contribution in [0.25, 0.3) is 0 Å². The van der Waals surface area contributed by atoms with E-state index in [1.165, 1.54) is 7.11 Å². The number of rotatable bonds is 6. The number of benzene rings is 2. The zero-order chi connectivity index (χ0) is 18.7. The van der Waals surface area contributed by atoms with Gasteiger partial charge in [-0.25, -0.2) is 0 Å². The summed E-state index contributed by atoms with van der Waals surface area (Å²) in [5.41, 5.74) is 1.85. The SMILES string of the molecule is [2H]C(O)Cc1c(OCc2ccccc2)cc(OC)c2c1OC(C)CC2=O. The van der Waals surface area contributed by atoms with Gasteiger partial charge in [-0.2, -0.15) is 0 Å². The molecule has 1 aliphatic heterocycles. The van der Waals surface area contributed by atoms with Crippen LogP contribution in [0, 0.1) is 0 Å². The summed E-state index contributed by atoms with van der Waals surface area (Å²) in [6.07, 6.45) is -0.0295. The van der Waals surface area contributed by atoms with Crippen LogP contribution in [-0.4, -0.2) is 30.7 Å². The van der Waals surface area contributed by atoms with Crippen molar-refractivity contribution in [1.82, 2.24) is 0 Å². The zero-order valence-electron chi connectivity index (χ0n) is 15.3. The van der Waals surface area contributed by atoms with Crippen molar-refractivity contribution in [2.45, 2.75) is 32.5 Å². The number of carbonyl (C=O) groups excluding carboxylic acids is 1. The molecule has 2 aromatic rings. The number of carbonyl (C=O) groups is 1. The summed E-state index contributed by atoms with van der Waals surface area (Å²) >= 11 is 0. The van der Waals surface area contributed by atoms with Crippen molar-refractivity contribution in [3.05, 3.63) is 53.1 Å². The summed E-state index contributed by atoms with van der Waals surface area (Å²) in [5.74, 6) is 1.09. The minimum atomic E-state index is -1.34. The molecular formula is C20H22O5. The Balaban J connectivity index is 2.04. The largest absolute Gasteiger partial charge is 0.496 e. The molecule has 0 fully saturated rings. The van der Waals surface area contributed by atoms with Crippen LogP contribution >= 0.6 is 0 Å². The third-order valence-electron chi connectivity index (χ3n) is 4.13. The molecule has 1 aliphatic rings. The van der Waals surface area contributed by atoms with Gasteiger partial charge in [0.1, 0.15) is 35.5 Å². The molecule has 25 heavy (non-hydrogen) atoms. The highest BCUT2D eigenvalue weighted by Gasteiger charge is 2.31. The molecule has 1 N–H and O–H groups in total. The van der Waals surface area contributed by atoms with Crippen molar-refractivity contribution in [2.24, 2.45) is 0 Å². The summed E-state index contributed by atoms with van der Waals surface area (Å²) in [7, 11) is 1.49. The van der Waals surface area contributed by atoms with Crippen LogP contribution < -0.4 is 14.2 Å². The smallest absolute Gasteiger partial charge is 0.174 e. The van der Waals surface area contributed by atoms with E-state index in [4.69, 9.17) is 15.6 Å². The molecule has 2 aromatic carbocycles. The summed E-state index contributed by atoms with van der Waals surface area (Å²) in [5, 5.41) is 9.61. The number of Topliss-reactive ketones (excluding diaryl/α,β-unsaturated/α-hetero) is 1. The van der Waals surface area contributed by atoms with E-state index in [0.717, 1.165) is 5.56 Å². The fourth-order valence-corrected chi connectivity index (χ4v) is 2.96. The predicted octanol–water partition coefficient (Wildman–Crippen LogP) is 3.16. The zero-order valence-corrected chi connectivity index (χ0v) is 14.3. The van der Waals surface area contributed by atoms with Gasteiger partial charge in [-0.15, -0.1) is 0 Å². The summed E-state index contributed by atoms with van der Waals surface area (Å²) in [6.45, 7) is 0.779. The quantitative estimate of drug-likeness (QED) is 0.873. The van der Waals surface area contributed by atoms with Gasteiger partial charge in [-0.05, 0) is 12.5 Å². The maximum atomic E-state index is 12.5. The van der Waals surface area contributed by atoms with E-state index in [0.29, 0.717) is 35.0 Å². The van der Waals surface area contributed by atoms with Gasteiger partial charge < -0.3 is 19.3 Å². The predicted molar refractivity (Wildman–Crippen MR) is 93.6 cm³/mol. The molecule has 132 valence electrons. The second-order valence-electron chi connectivity index (χ2n) is 5.98. The van der Waals surface area contributed by atoms with Gasteiger partial charge >= 0.3 is 0 Å². The Hall–Kier alpha value is -2.53. The lowest BCUT2D eigenvalue weighted by molar-refractivity contribution is 0.0862. The Labute approximate surface area is 148 Å². The number of aliphatic hydroxyl groups is 1. The van der Waals surface area contributed by atoms with Gasteiger partial charge in [-0.3, -0.25) is 4.79 Å². The summed E-state index contributed by atoms with van der Waals surface area (Å²) in [4.78, 5) is 12.5. The minimum Gasteiger partial charge on any atom is -0.496 e. The average molecular weight is 343 g/mol. The van der Waals surface area contributed by atoms with Crippen molar-refractivity contribution in [3.63, 3.8) is 0 Å². The van der Waals surface area contributed by atoms with Gasteiger partial charge in [0.05, 0.1) is 8.48 Å². The van der Waals surface area contributed by atoms with E-state index in [-0.39, 0.29) is 24.7 Å². The number of aliphatic hydroxyl groups excluding tert-OH is 1. The maximum Gasteiger partial charge on any atom is 0.174 e. The molecule has 0 aromatic heterocycles. The fourth-order valence-electron chi connectivity index (χ4n) is 2.96. The molecule has 0 saturated carbocycles. The lowest BCUT2D eigenvalue weighted by Crippen LogP contribution is -2.26. The van der Waals surface area contributed by atoms with Gasteiger partial charge in [0.2, 0.25) is 0 Å². The van der Waals surface area contributed by atoms with Crippen molar-refractivity contribution < 1.29 is 25.5 Å². The van der Waals surface area contributed by atoms with Gasteiger partial charge in [0.25, 0.3) is 0 Å². The van der Waals surface area contributed by atoms with Gasteiger partial charge in [0.15, 0.2) is 5.78 Å². The first-order valence-electron chi connectivity index (χ1n) is 8.78. The molecule has 0 spiro atoms. The maximum absolute atomic E-state index is 12.5. The Morgan fingerprint density at radius 2 is 2.08 bits per heavy atom. The summed E-state index contributed by atoms with van der Waals surface area (Å²) in [6, 6.07) is 11.3. The molecule has 5 heteroatoms. The molecule has 0 bridgehead atoms. The van der Waals surface area contributed by atoms with Crippen molar-refractivity contribution >= 4 is 5.78 Å². The number of methoxy groups -OCH3 is 1. The second-order valence-corrected chi connectivity index (χ2v) is 5.98. The van der Waals surface area contributed by atoms with E-state index in [1.807, 2.05) is 37.3 Å². The Bertz CT molecular complexity index is 789. The normalized spacial score (nSPS) is 18.0. The van der Waals surface area contributed by atoms with E-state index < -0.39 is 6.58 Å². The van der Waals surface area contributed by atoms with Crippen LogP contribution in [-0.2, 0) is 13.0 Å². The van der Waals surface area contributed by atoms with Crippen LogP contribution in [0.3, 0.4) is 0 Å². The average Bonchev–Trinajstić information content (AvgIpc) is 2.61. The number of fused-ring (bicyclic) bond motifs is 1. The molecule has 0 amide bonds. The first kappa shape index (κ1) is 16.0. The Morgan fingerprint density at radius 3 is 2.76 bits per heavy atom. The van der Waals surface area contributed by atoms with Crippen molar-refractivity contribution in [1.29, 1.82) is 0 Å². The standard InChI is InChI=1S/C20H22O5/c1-13-10-16(22)19-18(23-2)11-17(15(8-9-21)20(19)25-13)24-12-14-6-4-3-5-7-14/h3-7,11,13,21H,8-10,12H2,1-2H3/i9D. The highest BCUT2D eigenvalue weighted by Crippen LogP contribution is 2.43. The number of hydrogen-bond acceptors (Lipinski definition) is 5.